The third-order valence-electron chi connectivity index (χ3n) is 3.16. The highest BCUT2D eigenvalue weighted by Crippen LogP contribution is 2.20. The Hall–Kier alpha value is -0.210. The average molecular weight is 265 g/mol. The highest BCUT2D eigenvalue weighted by atomic mass is 32.2. The van der Waals surface area contributed by atoms with E-state index in [9.17, 15) is 8.42 Å². The standard InChI is InChI=1S/C10H23N3O3S/c1-9-8-10(11)4-5-13(9)17(14,15)12(2)6-7-16-3/h9-10H,4-8,11H2,1-3H3/t9-,10-/m0/s1. The van der Waals surface area contributed by atoms with Crippen LogP contribution < -0.4 is 5.73 Å². The van der Waals surface area contributed by atoms with E-state index in [1.165, 1.54) is 8.61 Å². The van der Waals surface area contributed by atoms with E-state index in [2.05, 4.69) is 0 Å². The molecule has 2 N–H and O–H groups in total. The number of rotatable bonds is 5. The fourth-order valence-corrected chi connectivity index (χ4v) is 3.58. The van der Waals surface area contributed by atoms with Crippen molar-refractivity contribution in [2.75, 3.05) is 33.9 Å². The number of nitrogens with two attached hydrogens (primary N) is 1. The monoisotopic (exact) mass is 265 g/mol. The number of ether oxygens (including phenoxy) is 1. The lowest BCUT2D eigenvalue weighted by Gasteiger charge is -2.37. The number of likely N-dealkylation sites (N-methyl/N-ethyl adjacent to an activating group) is 1. The van der Waals surface area contributed by atoms with Gasteiger partial charge in [0.2, 0.25) is 0 Å². The van der Waals surface area contributed by atoms with Crippen LogP contribution >= 0.6 is 0 Å². The first kappa shape index (κ1) is 14.8. The van der Waals surface area contributed by atoms with Gasteiger partial charge in [-0.3, -0.25) is 0 Å². The molecule has 2 atom stereocenters. The number of methoxy groups -OCH3 is 1. The summed E-state index contributed by atoms with van der Waals surface area (Å²) in [4.78, 5) is 0. The van der Waals surface area contributed by atoms with Gasteiger partial charge in [0.05, 0.1) is 6.61 Å². The second-order valence-corrected chi connectivity index (χ2v) is 6.55. The highest BCUT2D eigenvalue weighted by molar-refractivity contribution is 7.86. The largest absolute Gasteiger partial charge is 0.383 e. The van der Waals surface area contributed by atoms with E-state index in [4.69, 9.17) is 10.5 Å². The second-order valence-electron chi connectivity index (χ2n) is 4.57. The summed E-state index contributed by atoms with van der Waals surface area (Å²) >= 11 is 0. The van der Waals surface area contributed by atoms with Crippen LogP contribution in [0.3, 0.4) is 0 Å². The highest BCUT2D eigenvalue weighted by Gasteiger charge is 2.34. The van der Waals surface area contributed by atoms with Gasteiger partial charge in [-0.2, -0.15) is 17.0 Å². The summed E-state index contributed by atoms with van der Waals surface area (Å²) in [5.41, 5.74) is 5.83. The van der Waals surface area contributed by atoms with Crippen molar-refractivity contribution in [1.82, 2.24) is 8.61 Å². The van der Waals surface area contributed by atoms with Crippen molar-refractivity contribution in [1.29, 1.82) is 0 Å². The van der Waals surface area contributed by atoms with Crippen LogP contribution in [0.4, 0.5) is 0 Å². The zero-order valence-electron chi connectivity index (χ0n) is 10.8. The second kappa shape index (κ2) is 6.10. The molecule has 0 unspecified atom stereocenters. The van der Waals surface area contributed by atoms with Gasteiger partial charge in [-0.05, 0) is 19.8 Å². The molecule has 7 heteroatoms. The van der Waals surface area contributed by atoms with Gasteiger partial charge in [0.15, 0.2) is 0 Å². The summed E-state index contributed by atoms with van der Waals surface area (Å²) in [6.07, 6.45) is 1.44. The molecule has 1 heterocycles. The van der Waals surface area contributed by atoms with Crippen molar-refractivity contribution in [3.05, 3.63) is 0 Å². The van der Waals surface area contributed by atoms with Crippen LogP contribution in [-0.2, 0) is 14.9 Å². The molecule has 0 amide bonds. The Morgan fingerprint density at radius 2 is 2.18 bits per heavy atom. The van der Waals surface area contributed by atoms with E-state index < -0.39 is 10.2 Å². The van der Waals surface area contributed by atoms with E-state index in [1.807, 2.05) is 6.92 Å². The molecule has 1 aliphatic rings. The first-order valence-electron chi connectivity index (χ1n) is 5.87. The van der Waals surface area contributed by atoms with Crippen LogP contribution in [0.2, 0.25) is 0 Å². The Morgan fingerprint density at radius 3 is 2.71 bits per heavy atom. The maximum absolute atomic E-state index is 12.3. The third kappa shape index (κ3) is 3.62. The lowest BCUT2D eigenvalue weighted by atomic mass is 10.0. The lowest BCUT2D eigenvalue weighted by molar-refractivity contribution is 0.177. The number of hydrogen-bond donors (Lipinski definition) is 1. The molecule has 0 radical (unpaired) electrons. The quantitative estimate of drug-likeness (QED) is 0.735. The SMILES string of the molecule is COCCN(C)S(=O)(=O)N1CC[C@H](N)C[C@@H]1C. The number of hydrogen-bond acceptors (Lipinski definition) is 4. The summed E-state index contributed by atoms with van der Waals surface area (Å²) in [6, 6.07) is 0.0782. The molecule has 17 heavy (non-hydrogen) atoms. The zero-order valence-corrected chi connectivity index (χ0v) is 11.6. The fraction of sp³-hybridized carbons (Fsp3) is 1.00. The van der Waals surface area contributed by atoms with E-state index in [1.54, 1.807) is 14.2 Å². The summed E-state index contributed by atoms with van der Waals surface area (Å²) < 4.78 is 32.3. The van der Waals surface area contributed by atoms with Gasteiger partial charge in [0.25, 0.3) is 10.2 Å². The average Bonchev–Trinajstić information content (AvgIpc) is 2.25. The summed E-state index contributed by atoms with van der Waals surface area (Å²) in [6.45, 7) is 3.17. The number of piperidine rings is 1. The molecule has 0 aliphatic carbocycles. The maximum atomic E-state index is 12.3. The molecule has 0 saturated carbocycles. The van der Waals surface area contributed by atoms with E-state index in [-0.39, 0.29) is 12.1 Å². The maximum Gasteiger partial charge on any atom is 0.282 e. The van der Waals surface area contributed by atoms with E-state index in [0.717, 1.165) is 12.8 Å². The van der Waals surface area contributed by atoms with Crippen LogP contribution in [0.15, 0.2) is 0 Å². The van der Waals surface area contributed by atoms with E-state index in [0.29, 0.717) is 19.7 Å². The molecule has 1 saturated heterocycles. The zero-order chi connectivity index (χ0) is 13.1. The smallest absolute Gasteiger partial charge is 0.282 e. The Balaban J connectivity index is 2.69. The summed E-state index contributed by atoms with van der Waals surface area (Å²) in [7, 11) is -0.238. The van der Waals surface area contributed by atoms with Crippen LogP contribution in [0.25, 0.3) is 0 Å². The van der Waals surface area contributed by atoms with Crippen molar-refractivity contribution < 1.29 is 13.2 Å². The summed E-state index contributed by atoms with van der Waals surface area (Å²) in [5, 5.41) is 0. The normalized spacial score (nSPS) is 27.6. The molecular formula is C10H23N3O3S. The van der Waals surface area contributed by atoms with Gasteiger partial charge < -0.3 is 10.5 Å². The van der Waals surface area contributed by atoms with Crippen molar-refractivity contribution in [3.8, 4) is 0 Å². The first-order valence-corrected chi connectivity index (χ1v) is 7.27. The van der Waals surface area contributed by atoms with Gasteiger partial charge >= 0.3 is 0 Å². The van der Waals surface area contributed by atoms with E-state index >= 15 is 0 Å². The van der Waals surface area contributed by atoms with Crippen molar-refractivity contribution in [3.63, 3.8) is 0 Å². The van der Waals surface area contributed by atoms with Gasteiger partial charge in [-0.1, -0.05) is 0 Å². The van der Waals surface area contributed by atoms with Crippen LogP contribution in [0.1, 0.15) is 19.8 Å². The minimum atomic E-state index is -3.38. The lowest BCUT2D eigenvalue weighted by Crippen LogP contribution is -2.52. The molecule has 0 spiro atoms. The Kier molecular flexibility index (Phi) is 5.33. The third-order valence-corrected chi connectivity index (χ3v) is 5.26. The fourth-order valence-electron chi connectivity index (χ4n) is 2.04. The van der Waals surface area contributed by atoms with Crippen LogP contribution in [-0.4, -0.2) is 63.0 Å². The van der Waals surface area contributed by atoms with Gasteiger partial charge in [0.1, 0.15) is 0 Å². The first-order chi connectivity index (χ1) is 7.89. The Bertz CT molecular complexity index is 334. The molecule has 6 nitrogen and oxygen atoms in total. The topological polar surface area (TPSA) is 75.9 Å². The van der Waals surface area contributed by atoms with Crippen molar-refractivity contribution >= 4 is 10.2 Å². The molecule has 0 bridgehead atoms. The summed E-state index contributed by atoms with van der Waals surface area (Å²) in [5.74, 6) is 0. The predicted molar refractivity (Wildman–Crippen MR) is 66.8 cm³/mol. The Labute approximate surface area is 104 Å². The molecule has 1 aliphatic heterocycles. The molecule has 1 rings (SSSR count). The minimum absolute atomic E-state index is 0.0336. The van der Waals surface area contributed by atoms with Crippen molar-refractivity contribution in [2.45, 2.75) is 31.8 Å². The molecule has 0 aromatic rings. The molecular weight excluding hydrogens is 242 g/mol. The van der Waals surface area contributed by atoms with Gasteiger partial charge in [-0.15, -0.1) is 0 Å². The van der Waals surface area contributed by atoms with Gasteiger partial charge in [-0.25, -0.2) is 0 Å². The minimum Gasteiger partial charge on any atom is -0.383 e. The predicted octanol–water partition coefficient (Wildman–Crippen LogP) is -0.379. The molecule has 0 aromatic heterocycles. The Morgan fingerprint density at radius 1 is 1.53 bits per heavy atom. The molecule has 0 aromatic carbocycles. The molecule has 1 fully saturated rings. The van der Waals surface area contributed by atoms with Crippen LogP contribution in [0.5, 0.6) is 0 Å². The van der Waals surface area contributed by atoms with Gasteiger partial charge in [0, 0.05) is 39.3 Å². The molecule has 102 valence electrons. The van der Waals surface area contributed by atoms with Crippen molar-refractivity contribution in [2.24, 2.45) is 5.73 Å². The van der Waals surface area contributed by atoms with Crippen LogP contribution in [0, 0.1) is 0 Å². The number of nitrogens with zero attached hydrogens (tertiary/aromatic N) is 2.